The van der Waals surface area contributed by atoms with Gasteiger partial charge in [0.05, 0.1) is 18.8 Å². The lowest BCUT2D eigenvalue weighted by atomic mass is 9.76. The molecule has 0 radical (unpaired) electrons. The standard InChI is InChI=1S/C22H31FN2O3/c1-16-4-5-17(11-20(16)23)21(27)25-9-6-22(7-10-25)12-19(28-15-22)14-24-8-2-3-18(26)13-24/h4-5,11,18-19,26H,2-3,6-10,12-15H2,1H3/t18-,19+/m0/s1. The number of ether oxygens (including phenoxy) is 1. The first-order chi connectivity index (χ1) is 13.4. The number of rotatable bonds is 3. The summed E-state index contributed by atoms with van der Waals surface area (Å²) in [5, 5.41) is 9.86. The molecule has 0 aromatic heterocycles. The fraction of sp³-hybridized carbons (Fsp3) is 0.682. The molecule has 1 aromatic carbocycles. The highest BCUT2D eigenvalue weighted by molar-refractivity contribution is 5.94. The Balaban J connectivity index is 1.30. The van der Waals surface area contributed by atoms with E-state index in [1.165, 1.54) is 6.07 Å². The molecule has 6 heteroatoms. The van der Waals surface area contributed by atoms with Crippen molar-refractivity contribution in [1.82, 2.24) is 9.80 Å². The number of aryl methyl sites for hydroxylation is 1. The summed E-state index contributed by atoms with van der Waals surface area (Å²) in [5.74, 6) is -0.402. The van der Waals surface area contributed by atoms with E-state index in [0.717, 1.165) is 58.3 Å². The van der Waals surface area contributed by atoms with E-state index in [9.17, 15) is 14.3 Å². The van der Waals surface area contributed by atoms with E-state index in [1.807, 2.05) is 4.90 Å². The van der Waals surface area contributed by atoms with Crippen molar-refractivity contribution >= 4 is 5.91 Å². The molecule has 1 N–H and O–H groups in total. The van der Waals surface area contributed by atoms with E-state index in [0.29, 0.717) is 24.2 Å². The lowest BCUT2D eigenvalue weighted by Gasteiger charge is -2.38. The highest BCUT2D eigenvalue weighted by Gasteiger charge is 2.43. The molecule has 4 rings (SSSR count). The zero-order chi connectivity index (χ0) is 19.7. The minimum atomic E-state index is -0.325. The number of β-amino-alcohol motifs (C(OH)–C–C–N with tert-alkyl or cyclic N) is 1. The topological polar surface area (TPSA) is 53.0 Å². The third-order valence-electron chi connectivity index (χ3n) is 6.76. The number of nitrogens with zero attached hydrogens (tertiary/aromatic N) is 2. The van der Waals surface area contributed by atoms with Gasteiger partial charge >= 0.3 is 0 Å². The van der Waals surface area contributed by atoms with Crippen LogP contribution in [0, 0.1) is 18.2 Å². The van der Waals surface area contributed by atoms with Crippen LogP contribution in [-0.4, -0.2) is 72.4 Å². The second kappa shape index (κ2) is 8.09. The van der Waals surface area contributed by atoms with Gasteiger partial charge in [0, 0.05) is 31.7 Å². The van der Waals surface area contributed by atoms with Crippen LogP contribution in [0.15, 0.2) is 18.2 Å². The summed E-state index contributed by atoms with van der Waals surface area (Å²) in [7, 11) is 0. The zero-order valence-electron chi connectivity index (χ0n) is 16.7. The maximum Gasteiger partial charge on any atom is 0.253 e. The van der Waals surface area contributed by atoms with Gasteiger partial charge in [0.15, 0.2) is 0 Å². The minimum absolute atomic E-state index is 0.0773. The van der Waals surface area contributed by atoms with Gasteiger partial charge in [-0.25, -0.2) is 4.39 Å². The number of piperidine rings is 2. The van der Waals surface area contributed by atoms with E-state index in [-0.39, 0.29) is 29.3 Å². The maximum atomic E-state index is 13.8. The molecule has 3 saturated heterocycles. The van der Waals surface area contributed by atoms with E-state index >= 15 is 0 Å². The molecule has 28 heavy (non-hydrogen) atoms. The van der Waals surface area contributed by atoms with E-state index in [1.54, 1.807) is 19.1 Å². The van der Waals surface area contributed by atoms with Crippen LogP contribution in [0.2, 0.25) is 0 Å². The van der Waals surface area contributed by atoms with Crippen molar-refractivity contribution in [3.8, 4) is 0 Å². The molecule has 1 amide bonds. The van der Waals surface area contributed by atoms with Crippen LogP contribution < -0.4 is 0 Å². The first kappa shape index (κ1) is 19.8. The number of hydrogen-bond donors (Lipinski definition) is 1. The summed E-state index contributed by atoms with van der Waals surface area (Å²) in [5.41, 5.74) is 1.15. The van der Waals surface area contributed by atoms with E-state index in [2.05, 4.69) is 4.90 Å². The molecule has 3 aliphatic rings. The van der Waals surface area contributed by atoms with Gasteiger partial charge in [-0.1, -0.05) is 6.07 Å². The van der Waals surface area contributed by atoms with Gasteiger partial charge in [-0.3, -0.25) is 9.69 Å². The summed E-state index contributed by atoms with van der Waals surface area (Å²) in [6.45, 7) is 6.55. The Morgan fingerprint density at radius 2 is 2.11 bits per heavy atom. The van der Waals surface area contributed by atoms with Gasteiger partial charge < -0.3 is 14.7 Å². The highest BCUT2D eigenvalue weighted by Crippen LogP contribution is 2.42. The monoisotopic (exact) mass is 390 g/mol. The Labute approximate surface area is 166 Å². The summed E-state index contributed by atoms with van der Waals surface area (Å²) < 4.78 is 19.9. The number of benzene rings is 1. The number of amides is 1. The van der Waals surface area contributed by atoms with Crippen molar-refractivity contribution in [3.05, 3.63) is 35.1 Å². The van der Waals surface area contributed by atoms with Gasteiger partial charge in [-0.05, 0) is 68.7 Å². The summed E-state index contributed by atoms with van der Waals surface area (Å²) >= 11 is 0. The molecule has 1 aromatic rings. The molecule has 3 aliphatic heterocycles. The van der Waals surface area contributed by atoms with Gasteiger partial charge in [0.25, 0.3) is 5.91 Å². The molecule has 2 atom stereocenters. The number of carbonyl (C=O) groups is 1. The van der Waals surface area contributed by atoms with Gasteiger partial charge in [-0.2, -0.15) is 0 Å². The average molecular weight is 390 g/mol. The molecule has 1 spiro atoms. The van der Waals surface area contributed by atoms with Crippen molar-refractivity contribution in [1.29, 1.82) is 0 Å². The van der Waals surface area contributed by atoms with Crippen molar-refractivity contribution in [2.45, 2.75) is 51.2 Å². The highest BCUT2D eigenvalue weighted by atomic mass is 19.1. The summed E-state index contributed by atoms with van der Waals surface area (Å²) in [6, 6.07) is 4.73. The van der Waals surface area contributed by atoms with Crippen molar-refractivity contribution < 1.29 is 19.0 Å². The van der Waals surface area contributed by atoms with Gasteiger partial charge in [0.1, 0.15) is 5.82 Å². The van der Waals surface area contributed by atoms with Crippen LogP contribution in [0.4, 0.5) is 4.39 Å². The quantitative estimate of drug-likeness (QED) is 0.862. The summed E-state index contributed by atoms with van der Waals surface area (Å²) in [6.07, 6.45) is 4.87. The third kappa shape index (κ3) is 4.24. The molecule has 0 unspecified atom stereocenters. The van der Waals surface area contributed by atoms with Crippen LogP contribution in [0.1, 0.15) is 48.0 Å². The van der Waals surface area contributed by atoms with Crippen LogP contribution in [0.5, 0.6) is 0 Å². The van der Waals surface area contributed by atoms with Crippen molar-refractivity contribution in [2.75, 3.05) is 39.3 Å². The van der Waals surface area contributed by atoms with Crippen LogP contribution in [0.25, 0.3) is 0 Å². The fourth-order valence-corrected chi connectivity index (χ4v) is 4.94. The molecule has 0 saturated carbocycles. The molecule has 3 fully saturated rings. The Morgan fingerprint density at radius 3 is 2.82 bits per heavy atom. The molecule has 154 valence electrons. The predicted octanol–water partition coefficient (Wildman–Crippen LogP) is 2.60. The third-order valence-corrected chi connectivity index (χ3v) is 6.76. The lowest BCUT2D eigenvalue weighted by molar-refractivity contribution is 0.0227. The van der Waals surface area contributed by atoms with Gasteiger partial charge in [-0.15, -0.1) is 0 Å². The Kier molecular flexibility index (Phi) is 5.72. The lowest BCUT2D eigenvalue weighted by Crippen LogP contribution is -2.44. The average Bonchev–Trinajstić information content (AvgIpc) is 3.06. The second-order valence-electron chi connectivity index (χ2n) is 8.95. The predicted molar refractivity (Wildman–Crippen MR) is 105 cm³/mol. The van der Waals surface area contributed by atoms with Crippen LogP contribution in [0.3, 0.4) is 0 Å². The number of hydrogen-bond acceptors (Lipinski definition) is 4. The molecule has 3 heterocycles. The maximum absolute atomic E-state index is 13.8. The number of carbonyl (C=O) groups excluding carboxylic acids is 1. The van der Waals surface area contributed by atoms with Crippen molar-refractivity contribution in [3.63, 3.8) is 0 Å². The molecular weight excluding hydrogens is 359 g/mol. The van der Waals surface area contributed by atoms with Crippen LogP contribution in [-0.2, 0) is 4.74 Å². The van der Waals surface area contributed by atoms with E-state index in [4.69, 9.17) is 4.74 Å². The SMILES string of the molecule is Cc1ccc(C(=O)N2CCC3(CC2)CO[C@@H](CN2CCC[C@H](O)C2)C3)cc1F. The Morgan fingerprint density at radius 1 is 1.32 bits per heavy atom. The molecule has 0 bridgehead atoms. The largest absolute Gasteiger partial charge is 0.392 e. The minimum Gasteiger partial charge on any atom is -0.392 e. The first-order valence-corrected chi connectivity index (χ1v) is 10.5. The fourth-order valence-electron chi connectivity index (χ4n) is 4.94. The molecule has 0 aliphatic carbocycles. The Bertz CT molecular complexity index is 718. The smallest absolute Gasteiger partial charge is 0.253 e. The molecule has 5 nitrogen and oxygen atoms in total. The number of halogens is 1. The van der Waals surface area contributed by atoms with Gasteiger partial charge in [0.2, 0.25) is 0 Å². The second-order valence-corrected chi connectivity index (χ2v) is 8.95. The Hall–Kier alpha value is -1.50. The number of likely N-dealkylation sites (tertiary alicyclic amines) is 2. The number of aliphatic hydroxyl groups excluding tert-OH is 1. The van der Waals surface area contributed by atoms with E-state index < -0.39 is 0 Å². The number of aliphatic hydroxyl groups is 1. The summed E-state index contributed by atoms with van der Waals surface area (Å²) in [4.78, 5) is 16.9. The first-order valence-electron chi connectivity index (χ1n) is 10.5. The zero-order valence-corrected chi connectivity index (χ0v) is 16.7. The molecular formula is C22H31FN2O3. The van der Waals surface area contributed by atoms with Crippen molar-refractivity contribution in [2.24, 2.45) is 5.41 Å². The normalized spacial score (nSPS) is 28.0. The van der Waals surface area contributed by atoms with Crippen LogP contribution >= 0.6 is 0 Å².